The van der Waals surface area contributed by atoms with Gasteiger partial charge in [-0.3, -0.25) is 9.59 Å². The number of hydrogen-bond acceptors (Lipinski definition) is 15. The monoisotopic (exact) mass is 855 g/mol. The van der Waals surface area contributed by atoms with Crippen LogP contribution in [-0.2, 0) is 42.7 Å². The third kappa shape index (κ3) is 7.20. The Hall–Kier alpha value is -1.50. The lowest BCUT2D eigenvalue weighted by Crippen LogP contribution is -2.71. The van der Waals surface area contributed by atoms with Gasteiger partial charge in [-0.05, 0) is 111 Å². The maximum Gasteiger partial charge on any atom is 0.303 e. The van der Waals surface area contributed by atoms with Crippen LogP contribution < -0.4 is 0 Å². The van der Waals surface area contributed by atoms with E-state index in [1.165, 1.54) is 13.8 Å². The van der Waals surface area contributed by atoms with Crippen molar-refractivity contribution < 1.29 is 73.4 Å². The summed E-state index contributed by atoms with van der Waals surface area (Å²) in [4.78, 5) is 24.5. The summed E-state index contributed by atoms with van der Waals surface area (Å²) in [6, 6.07) is 0. The first kappa shape index (κ1) is 46.5. The molecule has 0 bridgehead atoms. The highest BCUT2D eigenvalue weighted by atomic mass is 16.7. The summed E-state index contributed by atoms with van der Waals surface area (Å²) in [5.74, 6) is -1.71. The molecule has 0 spiro atoms. The molecular weight excluding hydrogens is 780 g/mol. The predicted molar refractivity (Wildman–Crippen MR) is 214 cm³/mol. The molecule has 7 fully saturated rings. The minimum Gasteiger partial charge on any atom is -0.455 e. The molecule has 3 aliphatic heterocycles. The molecule has 0 aromatic rings. The van der Waals surface area contributed by atoms with Crippen molar-refractivity contribution in [2.45, 2.75) is 212 Å². The Balaban J connectivity index is 1.26. The van der Waals surface area contributed by atoms with Crippen molar-refractivity contribution in [1.82, 2.24) is 0 Å². The van der Waals surface area contributed by atoms with Gasteiger partial charge in [-0.25, -0.2) is 0 Å². The van der Waals surface area contributed by atoms with E-state index in [-0.39, 0.29) is 47.9 Å². The average Bonchev–Trinajstić information content (AvgIpc) is 3.63. The third-order valence-corrected chi connectivity index (χ3v) is 17.9. The fourth-order valence-electron chi connectivity index (χ4n) is 14.8. The van der Waals surface area contributed by atoms with E-state index < -0.39 is 107 Å². The van der Waals surface area contributed by atoms with Gasteiger partial charge in [0, 0.05) is 19.8 Å². The molecule has 0 amide bonds. The first-order chi connectivity index (χ1) is 27.6. The van der Waals surface area contributed by atoms with Crippen LogP contribution in [0.25, 0.3) is 0 Å². The lowest BCUT2D eigenvalue weighted by molar-refractivity contribution is -0.347. The lowest BCUT2D eigenvalue weighted by Gasteiger charge is -2.73. The first-order valence-corrected chi connectivity index (χ1v) is 22.3. The van der Waals surface area contributed by atoms with Gasteiger partial charge in [-0.2, -0.15) is 0 Å². The number of aliphatic hydroxyl groups is 6. The second kappa shape index (κ2) is 15.6. The molecule has 0 radical (unpaired) electrons. The molecular formula is C45H74O15. The largest absolute Gasteiger partial charge is 0.455 e. The van der Waals surface area contributed by atoms with Crippen LogP contribution in [-0.4, -0.2) is 141 Å². The van der Waals surface area contributed by atoms with E-state index in [1.807, 2.05) is 0 Å². The van der Waals surface area contributed by atoms with Gasteiger partial charge in [0.2, 0.25) is 0 Å². The summed E-state index contributed by atoms with van der Waals surface area (Å²) in [6.45, 7) is 21.4. The Morgan fingerprint density at radius 3 is 1.85 bits per heavy atom. The number of carbonyl (C=O) groups excluding carboxylic acids is 2. The topological polar surface area (TPSA) is 220 Å². The summed E-state index contributed by atoms with van der Waals surface area (Å²) in [5, 5.41) is 66.5. The van der Waals surface area contributed by atoms with Crippen LogP contribution in [0.1, 0.15) is 128 Å². The number of carbonyl (C=O) groups is 2. The number of fused-ring (bicyclic) bond motifs is 5. The normalized spacial score (nSPS) is 52.8. The van der Waals surface area contributed by atoms with Crippen molar-refractivity contribution in [2.75, 3.05) is 13.2 Å². The molecule has 15 heteroatoms. The molecule has 0 aromatic heterocycles. The Bertz CT molecular complexity index is 1620. The molecule has 344 valence electrons. The Kier molecular flexibility index (Phi) is 12.1. The van der Waals surface area contributed by atoms with Gasteiger partial charge < -0.3 is 63.8 Å². The van der Waals surface area contributed by atoms with E-state index in [2.05, 4.69) is 48.5 Å². The maximum absolute atomic E-state index is 12.4. The van der Waals surface area contributed by atoms with Crippen molar-refractivity contribution in [3.8, 4) is 0 Å². The number of aliphatic hydroxyl groups excluding tert-OH is 5. The molecule has 20 unspecified atom stereocenters. The number of ether oxygens (including phenoxy) is 7. The zero-order chi connectivity index (χ0) is 44.3. The average molecular weight is 855 g/mol. The van der Waals surface area contributed by atoms with Gasteiger partial charge in [-0.1, -0.05) is 41.5 Å². The van der Waals surface area contributed by atoms with Gasteiger partial charge in [0.05, 0.1) is 48.8 Å². The van der Waals surface area contributed by atoms with Gasteiger partial charge in [-0.15, -0.1) is 0 Å². The molecule has 15 nitrogen and oxygen atoms in total. The van der Waals surface area contributed by atoms with Crippen molar-refractivity contribution in [1.29, 1.82) is 0 Å². The quantitative estimate of drug-likeness (QED) is 0.153. The van der Waals surface area contributed by atoms with Gasteiger partial charge >= 0.3 is 11.9 Å². The van der Waals surface area contributed by atoms with E-state index in [9.17, 15) is 40.2 Å². The standard InChI is InChI=1S/C45H74O15/c1-22(46)56-33-26(50)21-55-38(34(33)57-23(2)47)59-29-12-14-42(8)36(39(29,3)4)27(58-37-32(52)31(51)25(49)20-54-37)18-28-41(42,7)16-17-43(9)35(24(48)19-44(28,43)10)45(11)15-13-30(60-45)40(5,6)53/h24-38,48-53H,12-21H2,1-11H3. The van der Waals surface area contributed by atoms with Crippen LogP contribution >= 0.6 is 0 Å². The van der Waals surface area contributed by atoms with E-state index in [0.717, 1.165) is 19.3 Å². The fraction of sp³-hybridized carbons (Fsp3) is 0.956. The highest BCUT2D eigenvalue weighted by Gasteiger charge is 2.77. The van der Waals surface area contributed by atoms with Gasteiger partial charge in [0.1, 0.15) is 24.4 Å². The van der Waals surface area contributed by atoms with Crippen molar-refractivity contribution in [2.24, 2.45) is 44.8 Å². The van der Waals surface area contributed by atoms with E-state index in [4.69, 9.17) is 33.2 Å². The molecule has 60 heavy (non-hydrogen) atoms. The van der Waals surface area contributed by atoms with Crippen molar-refractivity contribution >= 4 is 11.9 Å². The molecule has 6 N–H and O–H groups in total. The van der Waals surface area contributed by atoms with E-state index >= 15 is 0 Å². The molecule has 4 saturated carbocycles. The van der Waals surface area contributed by atoms with Crippen LogP contribution in [0.5, 0.6) is 0 Å². The van der Waals surface area contributed by atoms with Gasteiger partial charge in [0.15, 0.2) is 24.8 Å². The SMILES string of the molecule is CC(=O)OC1C(O)COC(OC2CCC3(C)C(C(OC4OCC(O)C(O)C4O)CC4C5(C)CC(O)C(C6(C)CCC(C(C)(C)O)O6)C5(C)CCC43C)C2(C)C)C1OC(C)=O. The molecule has 7 aliphatic rings. The molecule has 0 aromatic carbocycles. The number of hydrogen-bond donors (Lipinski definition) is 6. The van der Waals surface area contributed by atoms with Crippen LogP contribution in [0.15, 0.2) is 0 Å². The van der Waals surface area contributed by atoms with Gasteiger partial charge in [0.25, 0.3) is 0 Å². The summed E-state index contributed by atoms with van der Waals surface area (Å²) in [6.07, 6.45) is -6.85. The highest BCUT2D eigenvalue weighted by Crippen LogP contribution is 2.79. The Labute approximate surface area is 355 Å². The van der Waals surface area contributed by atoms with Crippen LogP contribution in [0.4, 0.5) is 0 Å². The molecule has 3 heterocycles. The van der Waals surface area contributed by atoms with Crippen LogP contribution in [0, 0.1) is 44.8 Å². The van der Waals surface area contributed by atoms with Crippen molar-refractivity contribution in [3.63, 3.8) is 0 Å². The maximum atomic E-state index is 12.4. The highest BCUT2D eigenvalue weighted by molar-refractivity contribution is 5.67. The summed E-state index contributed by atoms with van der Waals surface area (Å²) < 4.78 is 43.6. The second-order valence-electron chi connectivity index (χ2n) is 22.1. The molecule has 4 aliphatic carbocycles. The Morgan fingerprint density at radius 2 is 1.23 bits per heavy atom. The summed E-state index contributed by atoms with van der Waals surface area (Å²) in [5.41, 5.74) is -3.77. The predicted octanol–water partition coefficient (Wildman–Crippen LogP) is 3.14. The van der Waals surface area contributed by atoms with E-state index in [0.29, 0.717) is 32.1 Å². The first-order valence-electron chi connectivity index (χ1n) is 22.3. The Morgan fingerprint density at radius 1 is 0.650 bits per heavy atom. The smallest absolute Gasteiger partial charge is 0.303 e. The minimum atomic E-state index is -1.51. The van der Waals surface area contributed by atoms with Crippen LogP contribution in [0.2, 0.25) is 0 Å². The van der Waals surface area contributed by atoms with Crippen molar-refractivity contribution in [3.05, 3.63) is 0 Å². The van der Waals surface area contributed by atoms with E-state index in [1.54, 1.807) is 13.8 Å². The third-order valence-electron chi connectivity index (χ3n) is 17.9. The second-order valence-corrected chi connectivity index (χ2v) is 22.1. The molecule has 3 saturated heterocycles. The zero-order valence-corrected chi connectivity index (χ0v) is 37.6. The summed E-state index contributed by atoms with van der Waals surface area (Å²) >= 11 is 0. The zero-order valence-electron chi connectivity index (χ0n) is 37.6. The molecule has 7 rings (SSSR count). The summed E-state index contributed by atoms with van der Waals surface area (Å²) in [7, 11) is 0. The number of esters is 2. The fourth-order valence-corrected chi connectivity index (χ4v) is 14.8. The molecule has 20 atom stereocenters. The number of rotatable bonds is 8. The minimum absolute atomic E-state index is 0.0234. The van der Waals surface area contributed by atoms with Crippen LogP contribution in [0.3, 0.4) is 0 Å². The lowest BCUT2D eigenvalue weighted by atomic mass is 9.32.